The fourth-order valence-corrected chi connectivity index (χ4v) is 1.91. The molecule has 0 radical (unpaired) electrons. The Bertz CT molecular complexity index is 602. The van der Waals surface area contributed by atoms with E-state index in [1.807, 2.05) is 6.07 Å². The van der Waals surface area contributed by atoms with Gasteiger partial charge in [-0.25, -0.2) is 9.67 Å². The standard InChI is InChI=1S/C13H13F3N4/c14-13(15,16)11-5-7-20(19-11)12-9(2-1-6-17-12)8-18-10-3-4-10/h1-2,5-7,10,18H,3-4,8H2. The Balaban J connectivity index is 1.86. The van der Waals surface area contributed by atoms with E-state index in [0.29, 0.717) is 18.4 Å². The first-order valence-electron chi connectivity index (χ1n) is 6.34. The largest absolute Gasteiger partial charge is 0.435 e. The van der Waals surface area contributed by atoms with Crippen molar-refractivity contribution in [3.8, 4) is 5.82 Å². The first kappa shape index (κ1) is 13.1. The molecule has 0 aromatic carbocycles. The summed E-state index contributed by atoms with van der Waals surface area (Å²) in [5, 5.41) is 6.87. The highest BCUT2D eigenvalue weighted by Gasteiger charge is 2.33. The highest BCUT2D eigenvalue weighted by molar-refractivity contribution is 5.33. The summed E-state index contributed by atoms with van der Waals surface area (Å²) >= 11 is 0. The Kier molecular flexibility index (Phi) is 3.21. The van der Waals surface area contributed by atoms with Crippen LogP contribution in [-0.4, -0.2) is 20.8 Å². The Morgan fingerprint density at radius 3 is 2.75 bits per heavy atom. The summed E-state index contributed by atoms with van der Waals surface area (Å²) in [4.78, 5) is 4.14. The monoisotopic (exact) mass is 282 g/mol. The number of rotatable bonds is 4. The maximum atomic E-state index is 12.6. The number of nitrogens with zero attached hydrogens (tertiary/aromatic N) is 3. The summed E-state index contributed by atoms with van der Waals surface area (Å²) in [6.45, 7) is 0.578. The molecule has 1 aliphatic rings. The number of hydrogen-bond acceptors (Lipinski definition) is 3. The van der Waals surface area contributed by atoms with Gasteiger partial charge in [0.05, 0.1) is 0 Å². The van der Waals surface area contributed by atoms with Crippen molar-refractivity contribution in [2.24, 2.45) is 0 Å². The Hall–Kier alpha value is -1.89. The molecule has 2 aromatic heterocycles. The zero-order valence-corrected chi connectivity index (χ0v) is 10.6. The summed E-state index contributed by atoms with van der Waals surface area (Å²) in [7, 11) is 0. The van der Waals surface area contributed by atoms with Gasteiger partial charge in [-0.1, -0.05) is 6.07 Å². The van der Waals surface area contributed by atoms with Gasteiger partial charge in [0.15, 0.2) is 11.5 Å². The zero-order valence-electron chi connectivity index (χ0n) is 10.6. The number of aromatic nitrogens is 3. The van der Waals surface area contributed by atoms with Gasteiger partial charge in [0.1, 0.15) is 0 Å². The molecule has 2 aromatic rings. The lowest BCUT2D eigenvalue weighted by molar-refractivity contribution is -0.141. The van der Waals surface area contributed by atoms with Crippen LogP contribution in [0.15, 0.2) is 30.6 Å². The van der Waals surface area contributed by atoms with E-state index in [1.165, 1.54) is 10.9 Å². The molecule has 106 valence electrons. The van der Waals surface area contributed by atoms with E-state index in [4.69, 9.17) is 0 Å². The minimum atomic E-state index is -4.44. The lowest BCUT2D eigenvalue weighted by atomic mass is 10.2. The SMILES string of the molecule is FC(F)(F)c1ccn(-c2ncccc2CNC2CC2)n1. The fraction of sp³-hybridized carbons (Fsp3) is 0.385. The lowest BCUT2D eigenvalue weighted by Crippen LogP contribution is -2.17. The summed E-state index contributed by atoms with van der Waals surface area (Å²) in [6, 6.07) is 5.08. The quantitative estimate of drug-likeness (QED) is 0.937. The maximum Gasteiger partial charge on any atom is 0.435 e. The molecule has 0 atom stereocenters. The van der Waals surface area contributed by atoms with Crippen LogP contribution in [0.3, 0.4) is 0 Å². The van der Waals surface area contributed by atoms with Crippen molar-refractivity contribution in [2.75, 3.05) is 0 Å². The zero-order chi connectivity index (χ0) is 14.2. The van der Waals surface area contributed by atoms with Gasteiger partial charge < -0.3 is 5.32 Å². The topological polar surface area (TPSA) is 42.7 Å². The molecule has 0 unspecified atom stereocenters. The van der Waals surface area contributed by atoms with Crippen LogP contribution in [0.1, 0.15) is 24.1 Å². The average molecular weight is 282 g/mol. The van der Waals surface area contributed by atoms with E-state index in [9.17, 15) is 13.2 Å². The Morgan fingerprint density at radius 1 is 1.30 bits per heavy atom. The van der Waals surface area contributed by atoms with Crippen molar-refractivity contribution in [2.45, 2.75) is 31.6 Å². The van der Waals surface area contributed by atoms with E-state index >= 15 is 0 Å². The first-order valence-corrected chi connectivity index (χ1v) is 6.34. The van der Waals surface area contributed by atoms with E-state index in [2.05, 4.69) is 15.4 Å². The summed E-state index contributed by atoms with van der Waals surface area (Å²) < 4.78 is 38.9. The van der Waals surface area contributed by atoms with Crippen LogP contribution < -0.4 is 5.32 Å². The molecule has 1 saturated carbocycles. The highest BCUT2D eigenvalue weighted by atomic mass is 19.4. The number of nitrogens with one attached hydrogen (secondary N) is 1. The second kappa shape index (κ2) is 4.90. The van der Waals surface area contributed by atoms with E-state index in [1.54, 1.807) is 12.3 Å². The molecule has 1 fully saturated rings. The van der Waals surface area contributed by atoms with Gasteiger partial charge in [0, 0.05) is 30.5 Å². The van der Waals surface area contributed by atoms with Crippen molar-refractivity contribution in [3.05, 3.63) is 41.9 Å². The third-order valence-electron chi connectivity index (χ3n) is 3.12. The molecular weight excluding hydrogens is 269 g/mol. The Morgan fingerprint density at radius 2 is 2.10 bits per heavy atom. The normalized spacial score (nSPS) is 15.6. The van der Waals surface area contributed by atoms with Crippen LogP contribution >= 0.6 is 0 Å². The average Bonchev–Trinajstić information content (AvgIpc) is 3.09. The molecule has 4 nitrogen and oxygen atoms in total. The van der Waals surface area contributed by atoms with E-state index in [0.717, 1.165) is 24.5 Å². The maximum absolute atomic E-state index is 12.6. The third-order valence-corrected chi connectivity index (χ3v) is 3.12. The first-order chi connectivity index (χ1) is 9.54. The predicted octanol–water partition coefficient (Wildman–Crippen LogP) is 2.54. The molecule has 0 bridgehead atoms. The molecule has 0 aliphatic heterocycles. The molecule has 1 N–H and O–H groups in total. The lowest BCUT2D eigenvalue weighted by Gasteiger charge is -2.09. The van der Waals surface area contributed by atoms with Gasteiger partial charge in [-0.05, 0) is 25.0 Å². The van der Waals surface area contributed by atoms with Crippen LogP contribution in [-0.2, 0) is 12.7 Å². The number of halogens is 3. The van der Waals surface area contributed by atoms with Crippen molar-refractivity contribution in [1.29, 1.82) is 0 Å². The van der Waals surface area contributed by atoms with Gasteiger partial charge in [-0.15, -0.1) is 0 Å². The molecule has 0 spiro atoms. The van der Waals surface area contributed by atoms with Crippen molar-refractivity contribution < 1.29 is 13.2 Å². The summed E-state index contributed by atoms with van der Waals surface area (Å²) in [6.07, 6.45) is 0.689. The summed E-state index contributed by atoms with van der Waals surface area (Å²) in [5.74, 6) is 0.427. The van der Waals surface area contributed by atoms with Gasteiger partial charge in [-0.3, -0.25) is 0 Å². The highest BCUT2D eigenvalue weighted by Crippen LogP contribution is 2.28. The smallest absolute Gasteiger partial charge is 0.310 e. The second-order valence-corrected chi connectivity index (χ2v) is 4.78. The van der Waals surface area contributed by atoms with Gasteiger partial charge >= 0.3 is 6.18 Å². The molecule has 20 heavy (non-hydrogen) atoms. The minimum absolute atomic E-state index is 0.427. The fourth-order valence-electron chi connectivity index (χ4n) is 1.91. The molecule has 7 heteroatoms. The van der Waals surface area contributed by atoms with Crippen LogP contribution in [0.2, 0.25) is 0 Å². The van der Waals surface area contributed by atoms with Crippen LogP contribution in [0.4, 0.5) is 13.2 Å². The summed E-state index contributed by atoms with van der Waals surface area (Å²) in [5.41, 5.74) is -0.0829. The van der Waals surface area contributed by atoms with E-state index < -0.39 is 11.9 Å². The number of alkyl halides is 3. The van der Waals surface area contributed by atoms with Gasteiger partial charge in [0.2, 0.25) is 0 Å². The van der Waals surface area contributed by atoms with Crippen molar-refractivity contribution >= 4 is 0 Å². The predicted molar refractivity (Wildman–Crippen MR) is 66.2 cm³/mol. The molecular formula is C13H13F3N4. The van der Waals surface area contributed by atoms with Crippen LogP contribution in [0.5, 0.6) is 0 Å². The molecule has 0 saturated heterocycles. The minimum Gasteiger partial charge on any atom is -0.310 e. The number of hydrogen-bond donors (Lipinski definition) is 1. The van der Waals surface area contributed by atoms with E-state index in [-0.39, 0.29) is 0 Å². The molecule has 2 heterocycles. The molecule has 1 aliphatic carbocycles. The second-order valence-electron chi connectivity index (χ2n) is 4.78. The van der Waals surface area contributed by atoms with Gasteiger partial charge in [-0.2, -0.15) is 18.3 Å². The van der Waals surface area contributed by atoms with Crippen LogP contribution in [0, 0.1) is 0 Å². The molecule has 3 rings (SSSR count). The molecule has 0 amide bonds. The third kappa shape index (κ3) is 2.82. The van der Waals surface area contributed by atoms with Crippen LogP contribution in [0.25, 0.3) is 5.82 Å². The van der Waals surface area contributed by atoms with Gasteiger partial charge in [0.25, 0.3) is 0 Å². The van der Waals surface area contributed by atoms with Crippen molar-refractivity contribution in [1.82, 2.24) is 20.1 Å². The Labute approximate surface area is 113 Å². The van der Waals surface area contributed by atoms with Crippen molar-refractivity contribution in [3.63, 3.8) is 0 Å². The number of pyridine rings is 1.